The highest BCUT2D eigenvalue weighted by molar-refractivity contribution is 5.99. The van der Waals surface area contributed by atoms with Gasteiger partial charge in [0.2, 0.25) is 5.78 Å². The van der Waals surface area contributed by atoms with E-state index >= 15 is 0 Å². The van der Waals surface area contributed by atoms with E-state index in [2.05, 4.69) is 11.8 Å². The average molecular weight is 362 g/mol. The van der Waals surface area contributed by atoms with Crippen LogP contribution in [0.25, 0.3) is 0 Å². The van der Waals surface area contributed by atoms with Crippen LogP contribution in [0.5, 0.6) is 11.5 Å². The molecule has 0 aliphatic carbocycles. The van der Waals surface area contributed by atoms with E-state index in [1.165, 1.54) is 13.2 Å². The Hall–Kier alpha value is -2.56. The zero-order chi connectivity index (χ0) is 19.3. The summed E-state index contributed by atoms with van der Waals surface area (Å²) in [6.45, 7) is 1.61. The lowest BCUT2D eigenvalue weighted by Crippen LogP contribution is -2.33. The van der Waals surface area contributed by atoms with Crippen LogP contribution in [-0.4, -0.2) is 52.5 Å². The maximum Gasteiger partial charge on any atom is 0.342 e. The summed E-state index contributed by atoms with van der Waals surface area (Å²) in [5.41, 5.74) is 0.531. The highest BCUT2D eigenvalue weighted by Gasteiger charge is 2.25. The Morgan fingerprint density at radius 1 is 1.27 bits per heavy atom. The molecule has 1 aromatic rings. The fraction of sp³-hybridized carbons (Fsp3) is 0.474. The van der Waals surface area contributed by atoms with Gasteiger partial charge in [0.05, 0.1) is 13.2 Å². The molecule has 1 aliphatic heterocycles. The van der Waals surface area contributed by atoms with Crippen molar-refractivity contribution < 1.29 is 34.4 Å². The van der Waals surface area contributed by atoms with E-state index in [-0.39, 0.29) is 24.2 Å². The number of hydrogen-bond donors (Lipinski definition) is 3. The number of hydrogen-bond acceptors (Lipinski definition) is 7. The molecule has 3 atom stereocenters. The number of cyclic esters (lactones) is 1. The predicted molar refractivity (Wildman–Crippen MR) is 91.9 cm³/mol. The van der Waals surface area contributed by atoms with Crippen LogP contribution < -0.4 is 4.74 Å². The summed E-state index contributed by atoms with van der Waals surface area (Å²) in [6, 6.07) is 2.94. The van der Waals surface area contributed by atoms with Gasteiger partial charge < -0.3 is 24.8 Å². The van der Waals surface area contributed by atoms with Gasteiger partial charge in [0.15, 0.2) is 6.10 Å². The molecule has 7 nitrogen and oxygen atoms in total. The summed E-state index contributed by atoms with van der Waals surface area (Å²) in [7, 11) is 1.44. The number of fused-ring (bicyclic) bond motifs is 1. The fourth-order valence-corrected chi connectivity index (χ4v) is 2.68. The summed E-state index contributed by atoms with van der Waals surface area (Å²) in [6.07, 6.45) is -2.59. The SMILES string of the molecule is COc1cc(O)c2c(c1)CCC[C@H](O)C(O)C(=O)C#CC[C@H](C)OC2=O. The molecule has 140 valence electrons. The van der Waals surface area contributed by atoms with Crippen molar-refractivity contribution in [2.45, 2.75) is 50.9 Å². The molecule has 0 saturated carbocycles. The molecule has 26 heavy (non-hydrogen) atoms. The van der Waals surface area contributed by atoms with E-state index in [1.807, 2.05) is 0 Å². The van der Waals surface area contributed by atoms with Gasteiger partial charge in [-0.3, -0.25) is 4.79 Å². The van der Waals surface area contributed by atoms with Gasteiger partial charge in [-0.15, -0.1) is 0 Å². The first kappa shape index (κ1) is 19.8. The van der Waals surface area contributed by atoms with Crippen molar-refractivity contribution in [1.29, 1.82) is 0 Å². The maximum atomic E-state index is 12.5. The molecule has 0 amide bonds. The number of carbonyl (C=O) groups excluding carboxylic acids is 2. The van der Waals surface area contributed by atoms with Crippen LogP contribution >= 0.6 is 0 Å². The second-order valence-corrected chi connectivity index (χ2v) is 6.17. The quantitative estimate of drug-likeness (QED) is 0.387. The van der Waals surface area contributed by atoms with Crippen molar-refractivity contribution in [3.05, 3.63) is 23.3 Å². The molecule has 1 heterocycles. The van der Waals surface area contributed by atoms with Crippen molar-refractivity contribution in [2.24, 2.45) is 0 Å². The van der Waals surface area contributed by atoms with Gasteiger partial charge >= 0.3 is 5.97 Å². The summed E-state index contributed by atoms with van der Waals surface area (Å²) >= 11 is 0. The first-order chi connectivity index (χ1) is 12.3. The number of carbonyl (C=O) groups is 2. The molecule has 0 radical (unpaired) electrons. The van der Waals surface area contributed by atoms with Crippen LogP contribution in [0.15, 0.2) is 12.1 Å². The number of ether oxygens (including phenoxy) is 2. The molecule has 1 unspecified atom stereocenters. The molecule has 0 saturated heterocycles. The lowest BCUT2D eigenvalue weighted by atomic mass is 9.97. The topological polar surface area (TPSA) is 113 Å². The molecular weight excluding hydrogens is 340 g/mol. The Morgan fingerprint density at radius 3 is 2.69 bits per heavy atom. The third-order valence-electron chi connectivity index (χ3n) is 4.10. The minimum Gasteiger partial charge on any atom is -0.507 e. The zero-order valence-corrected chi connectivity index (χ0v) is 14.7. The van der Waals surface area contributed by atoms with Crippen LogP contribution in [0, 0.1) is 11.8 Å². The van der Waals surface area contributed by atoms with Gasteiger partial charge in [0.1, 0.15) is 23.2 Å². The van der Waals surface area contributed by atoms with Gasteiger partial charge in [0.25, 0.3) is 0 Å². The van der Waals surface area contributed by atoms with Crippen molar-refractivity contribution in [1.82, 2.24) is 0 Å². The maximum absolute atomic E-state index is 12.5. The number of benzene rings is 1. The Kier molecular flexibility index (Phi) is 6.61. The molecule has 0 bridgehead atoms. The Balaban J connectivity index is 2.38. The average Bonchev–Trinajstić information content (AvgIpc) is 2.59. The number of ketones is 1. The first-order valence-electron chi connectivity index (χ1n) is 8.33. The molecule has 2 rings (SSSR count). The Morgan fingerprint density at radius 2 is 2.00 bits per heavy atom. The van der Waals surface area contributed by atoms with Crippen LogP contribution in [0.4, 0.5) is 0 Å². The molecule has 7 heteroatoms. The summed E-state index contributed by atoms with van der Waals surface area (Å²) in [4.78, 5) is 24.2. The molecule has 1 aliphatic rings. The number of phenolic OH excluding ortho intramolecular Hbond substituents is 1. The molecule has 0 aromatic heterocycles. The number of aryl methyl sites for hydroxylation is 1. The minimum atomic E-state index is -1.58. The smallest absolute Gasteiger partial charge is 0.342 e. The Labute approximate surface area is 151 Å². The van der Waals surface area contributed by atoms with Crippen LogP contribution in [0.3, 0.4) is 0 Å². The monoisotopic (exact) mass is 362 g/mol. The van der Waals surface area contributed by atoms with Gasteiger partial charge in [-0.25, -0.2) is 4.79 Å². The second-order valence-electron chi connectivity index (χ2n) is 6.17. The van der Waals surface area contributed by atoms with E-state index < -0.39 is 30.1 Å². The summed E-state index contributed by atoms with van der Waals surface area (Å²) < 4.78 is 10.4. The number of aromatic hydroxyl groups is 1. The number of aliphatic hydroxyl groups is 2. The number of esters is 1. The second kappa shape index (κ2) is 8.70. The number of aliphatic hydroxyl groups excluding tert-OH is 2. The summed E-state index contributed by atoms with van der Waals surface area (Å²) in [5.74, 6) is 3.44. The van der Waals surface area contributed by atoms with Crippen molar-refractivity contribution in [2.75, 3.05) is 7.11 Å². The standard InChI is InChI=1S/C19H22O7/c1-11-5-3-7-14(20)18(23)15(21)8-4-6-12-9-13(25-2)10-16(22)17(12)19(24)26-11/h9-11,15,18,21-23H,4-6,8H2,1-2H3/t11-,15-,18?/m0/s1. The lowest BCUT2D eigenvalue weighted by Gasteiger charge is -2.18. The predicted octanol–water partition coefficient (Wildman–Crippen LogP) is 0.967. The van der Waals surface area contributed by atoms with Gasteiger partial charge in [0, 0.05) is 12.5 Å². The molecule has 1 aromatic carbocycles. The fourth-order valence-electron chi connectivity index (χ4n) is 2.68. The molecular formula is C19H22O7. The van der Waals surface area contributed by atoms with Gasteiger partial charge in [-0.2, -0.15) is 0 Å². The molecule has 3 N–H and O–H groups in total. The minimum absolute atomic E-state index is 0.0359. The molecule has 0 fully saturated rings. The number of rotatable bonds is 1. The van der Waals surface area contributed by atoms with Crippen molar-refractivity contribution >= 4 is 11.8 Å². The zero-order valence-electron chi connectivity index (χ0n) is 14.7. The number of methoxy groups -OCH3 is 1. The van der Waals surface area contributed by atoms with E-state index in [0.29, 0.717) is 24.2 Å². The highest BCUT2D eigenvalue weighted by Crippen LogP contribution is 2.30. The van der Waals surface area contributed by atoms with Crippen molar-refractivity contribution in [3.63, 3.8) is 0 Å². The third kappa shape index (κ3) is 4.75. The highest BCUT2D eigenvalue weighted by atomic mass is 16.5. The molecule has 0 spiro atoms. The van der Waals surface area contributed by atoms with Crippen LogP contribution in [0.1, 0.15) is 42.1 Å². The van der Waals surface area contributed by atoms with Crippen LogP contribution in [-0.2, 0) is 16.0 Å². The largest absolute Gasteiger partial charge is 0.507 e. The normalized spacial score (nSPS) is 24.5. The van der Waals surface area contributed by atoms with E-state index in [9.17, 15) is 24.9 Å². The summed E-state index contributed by atoms with van der Waals surface area (Å²) in [5, 5.41) is 30.0. The third-order valence-corrected chi connectivity index (χ3v) is 4.10. The van der Waals surface area contributed by atoms with E-state index in [4.69, 9.17) is 9.47 Å². The number of phenols is 1. The van der Waals surface area contributed by atoms with E-state index in [1.54, 1.807) is 13.0 Å². The van der Waals surface area contributed by atoms with Crippen molar-refractivity contribution in [3.8, 4) is 23.3 Å². The van der Waals surface area contributed by atoms with Gasteiger partial charge in [-0.05, 0) is 43.7 Å². The lowest BCUT2D eigenvalue weighted by molar-refractivity contribution is -0.127. The Bertz CT molecular complexity index is 744. The van der Waals surface area contributed by atoms with Gasteiger partial charge in [-0.1, -0.05) is 5.92 Å². The number of Topliss-reactive ketones (excluding diaryl/α,β-unsaturated/α-hetero) is 1. The van der Waals surface area contributed by atoms with Crippen LogP contribution in [0.2, 0.25) is 0 Å². The van der Waals surface area contributed by atoms with E-state index in [0.717, 1.165) is 0 Å². The first-order valence-corrected chi connectivity index (χ1v) is 8.33.